The molecule has 2 heterocycles. The zero-order valence-corrected chi connectivity index (χ0v) is 16.8. The van der Waals surface area contributed by atoms with Crippen LogP contribution in [0.5, 0.6) is 0 Å². The number of rotatable bonds is 3. The third kappa shape index (κ3) is 3.69. The lowest BCUT2D eigenvalue weighted by Gasteiger charge is -2.21. The predicted octanol–water partition coefficient (Wildman–Crippen LogP) is 0.302. The fourth-order valence-electron chi connectivity index (χ4n) is 3.41. The van der Waals surface area contributed by atoms with E-state index < -0.39 is 0 Å². The molecule has 3 aliphatic rings. The van der Waals surface area contributed by atoms with Crippen LogP contribution in [0.4, 0.5) is 5.69 Å². The highest BCUT2D eigenvalue weighted by Gasteiger charge is 2.15. The van der Waals surface area contributed by atoms with Crippen LogP contribution in [0.1, 0.15) is 13.8 Å². The van der Waals surface area contributed by atoms with Crippen LogP contribution in [0.15, 0.2) is 40.8 Å². The Morgan fingerprint density at radius 1 is 1.08 bits per heavy atom. The van der Waals surface area contributed by atoms with Gasteiger partial charge in [0.1, 0.15) is 11.2 Å². The van der Waals surface area contributed by atoms with Crippen molar-refractivity contribution in [1.29, 1.82) is 0 Å². The summed E-state index contributed by atoms with van der Waals surface area (Å²) in [5.74, 6) is 3.25. The summed E-state index contributed by atoms with van der Waals surface area (Å²) in [6.07, 6.45) is 0. The third-order valence-corrected chi connectivity index (χ3v) is 5.79. The molecule has 1 aromatic carbocycles. The van der Waals surface area contributed by atoms with Crippen LogP contribution in [0.25, 0.3) is 22.6 Å². The van der Waals surface area contributed by atoms with Crippen LogP contribution in [0.3, 0.4) is 0 Å². The Morgan fingerprint density at radius 3 is 2.58 bits per heavy atom. The van der Waals surface area contributed by atoms with Crippen molar-refractivity contribution in [2.75, 3.05) is 42.6 Å². The Balaban J connectivity index is 0.00000196. The van der Waals surface area contributed by atoms with Gasteiger partial charge in [0.05, 0.1) is 17.6 Å². The summed E-state index contributed by atoms with van der Waals surface area (Å²) in [6, 6.07) is 12.7. The predicted molar refractivity (Wildman–Crippen MR) is 107 cm³/mol. The maximum atomic E-state index is 6.24. The molecule has 0 bridgehead atoms. The SMILES string of the molecule is CCN(CC)c1ccc2nc3ccc(=[N+]4CCSCC4)cc-3oc2c1.[Cl-]. The van der Waals surface area contributed by atoms with Crippen molar-refractivity contribution in [2.45, 2.75) is 13.8 Å². The second-order valence-corrected chi connectivity index (χ2v) is 7.51. The van der Waals surface area contributed by atoms with Gasteiger partial charge in [-0.2, -0.15) is 0 Å². The molecule has 0 amide bonds. The van der Waals surface area contributed by atoms with Gasteiger partial charge in [0.2, 0.25) is 5.36 Å². The van der Waals surface area contributed by atoms with E-state index in [0.717, 1.165) is 48.7 Å². The largest absolute Gasteiger partial charge is 1.00 e. The van der Waals surface area contributed by atoms with Gasteiger partial charge in [-0.1, -0.05) is 0 Å². The van der Waals surface area contributed by atoms with E-state index in [1.807, 2.05) is 11.8 Å². The Kier molecular flexibility index (Phi) is 6.09. The number of halogens is 1. The Bertz CT molecular complexity index is 928. The summed E-state index contributed by atoms with van der Waals surface area (Å²) in [6.45, 7) is 8.52. The van der Waals surface area contributed by atoms with Gasteiger partial charge < -0.3 is 21.7 Å². The molecular weight excluding hydrogens is 366 g/mol. The highest BCUT2D eigenvalue weighted by atomic mass is 35.5. The van der Waals surface area contributed by atoms with Crippen molar-refractivity contribution in [2.24, 2.45) is 0 Å². The molecule has 4 rings (SSSR count). The topological polar surface area (TPSA) is 32.3 Å². The van der Waals surface area contributed by atoms with E-state index in [4.69, 9.17) is 9.40 Å². The van der Waals surface area contributed by atoms with Gasteiger partial charge in [-0.05, 0) is 32.0 Å². The lowest BCUT2D eigenvalue weighted by Crippen LogP contribution is -3.00. The molecule has 0 aromatic heterocycles. The molecule has 1 fully saturated rings. The van der Waals surface area contributed by atoms with Crippen molar-refractivity contribution in [3.8, 4) is 11.5 Å². The Labute approximate surface area is 164 Å². The molecule has 138 valence electrons. The molecule has 26 heavy (non-hydrogen) atoms. The molecule has 1 saturated heterocycles. The highest BCUT2D eigenvalue weighted by molar-refractivity contribution is 7.99. The third-order valence-electron chi connectivity index (χ3n) is 4.85. The first kappa shape index (κ1) is 19.1. The normalized spacial score (nSPS) is 14.5. The van der Waals surface area contributed by atoms with Gasteiger partial charge >= 0.3 is 0 Å². The van der Waals surface area contributed by atoms with Crippen molar-refractivity contribution in [1.82, 2.24) is 9.56 Å². The van der Waals surface area contributed by atoms with Crippen molar-refractivity contribution in [3.05, 3.63) is 41.8 Å². The van der Waals surface area contributed by atoms with Gasteiger partial charge in [-0.25, -0.2) is 9.56 Å². The maximum Gasteiger partial charge on any atom is 0.203 e. The van der Waals surface area contributed by atoms with E-state index in [9.17, 15) is 0 Å². The molecular formula is C20H24ClN3OS. The molecule has 0 radical (unpaired) electrons. The number of nitrogens with zero attached hydrogens (tertiary/aromatic N) is 3. The van der Waals surface area contributed by atoms with Crippen molar-refractivity contribution < 1.29 is 16.8 Å². The van der Waals surface area contributed by atoms with Gasteiger partial charge in [0.25, 0.3) is 0 Å². The lowest BCUT2D eigenvalue weighted by atomic mass is 10.2. The van der Waals surface area contributed by atoms with Gasteiger partial charge in [-0.3, -0.25) is 0 Å². The summed E-state index contributed by atoms with van der Waals surface area (Å²) in [4.78, 5) is 7.10. The number of thioether (sulfide) groups is 1. The first-order valence-electron chi connectivity index (χ1n) is 9.04. The molecule has 1 aliphatic carbocycles. The van der Waals surface area contributed by atoms with Crippen LogP contribution in [0, 0.1) is 0 Å². The van der Waals surface area contributed by atoms with Crippen LogP contribution in [0.2, 0.25) is 0 Å². The van der Waals surface area contributed by atoms with Gasteiger partial charge in [0, 0.05) is 30.9 Å². The average Bonchev–Trinajstić information content (AvgIpc) is 2.67. The lowest BCUT2D eigenvalue weighted by molar-refractivity contribution is -0.00000558. The molecule has 0 saturated carbocycles. The highest BCUT2D eigenvalue weighted by Crippen LogP contribution is 2.27. The first-order valence-corrected chi connectivity index (χ1v) is 10.2. The standard InChI is InChI=1S/C20H24N3OS.ClH/c1-3-22(4-2)15-5-7-17-19(13-15)24-20-14-16(6-8-18(20)21-17)23-9-11-25-12-10-23;/h5-8,13-14H,3-4,9-12H2,1-2H3;1H/q+1;/p-1. The maximum absolute atomic E-state index is 6.24. The molecule has 1 aromatic rings. The molecule has 0 unspecified atom stereocenters. The van der Waals surface area contributed by atoms with E-state index in [0.29, 0.717) is 0 Å². The fourth-order valence-corrected chi connectivity index (χ4v) is 4.31. The minimum absolute atomic E-state index is 0. The number of fused-ring (bicyclic) bond motifs is 2. The summed E-state index contributed by atoms with van der Waals surface area (Å²) < 4.78 is 8.67. The van der Waals surface area contributed by atoms with Crippen LogP contribution in [-0.2, 0) is 0 Å². The number of hydrogen-bond donors (Lipinski definition) is 0. The van der Waals surface area contributed by atoms with E-state index >= 15 is 0 Å². The smallest absolute Gasteiger partial charge is 0.203 e. The second kappa shape index (κ2) is 8.31. The monoisotopic (exact) mass is 389 g/mol. The van der Waals surface area contributed by atoms with Crippen LogP contribution >= 0.6 is 11.8 Å². The molecule has 2 aliphatic heterocycles. The quantitative estimate of drug-likeness (QED) is 0.476. The van der Waals surface area contributed by atoms with Crippen LogP contribution in [-0.4, -0.2) is 42.7 Å². The van der Waals surface area contributed by atoms with E-state index in [1.165, 1.54) is 22.6 Å². The summed E-state index contributed by atoms with van der Waals surface area (Å²) in [7, 11) is 0. The van der Waals surface area contributed by atoms with E-state index in [2.05, 4.69) is 59.7 Å². The zero-order valence-electron chi connectivity index (χ0n) is 15.2. The molecule has 0 spiro atoms. The second-order valence-electron chi connectivity index (χ2n) is 6.29. The van der Waals surface area contributed by atoms with Crippen LogP contribution < -0.4 is 27.2 Å². The minimum atomic E-state index is 0. The summed E-state index contributed by atoms with van der Waals surface area (Å²) in [5, 5.41) is 1.23. The van der Waals surface area contributed by atoms with Gasteiger partial charge in [0.15, 0.2) is 24.4 Å². The molecule has 0 atom stereocenters. The van der Waals surface area contributed by atoms with E-state index in [1.54, 1.807) is 0 Å². The summed E-state index contributed by atoms with van der Waals surface area (Å²) >= 11 is 2.03. The average molecular weight is 390 g/mol. The number of aromatic nitrogens is 1. The van der Waals surface area contributed by atoms with Gasteiger partial charge in [-0.15, -0.1) is 11.8 Å². The van der Waals surface area contributed by atoms with Crippen molar-refractivity contribution >= 4 is 28.5 Å². The number of benzene rings is 2. The molecule has 0 N–H and O–H groups in total. The number of anilines is 1. The molecule has 6 heteroatoms. The van der Waals surface area contributed by atoms with E-state index in [-0.39, 0.29) is 12.4 Å². The molecule has 4 nitrogen and oxygen atoms in total. The summed E-state index contributed by atoms with van der Waals surface area (Å²) in [5.41, 5.74) is 3.86. The minimum Gasteiger partial charge on any atom is -1.00 e. The van der Waals surface area contributed by atoms with Crippen molar-refractivity contribution in [3.63, 3.8) is 0 Å². The fraction of sp³-hybridized carbons (Fsp3) is 0.400. The Hall–Kier alpha value is -1.72. The zero-order chi connectivity index (χ0) is 17.2. The number of hydrogen-bond acceptors (Lipinski definition) is 4. The first-order chi connectivity index (χ1) is 12.3. The Morgan fingerprint density at radius 2 is 1.85 bits per heavy atom.